The molecule has 0 saturated carbocycles. The normalized spacial score (nSPS) is 13.2. The van der Waals surface area contributed by atoms with Crippen LogP contribution in [0.1, 0.15) is 27.3 Å². The first-order valence-electron chi connectivity index (χ1n) is 12.0. The molecule has 36 heavy (non-hydrogen) atoms. The standard InChI is InChI=1S/C29H24N4O3/c34-19-28-29-22(17-32(28)15-13-24-10-8-21-4-1-2-6-26(21)30-24)5-3-7-27(29)31-14-12-20-9-11-25(33(35)36)16-23(20)18-31/h1-11,16-17,19H,12-15,18H2. The fourth-order valence-electron chi connectivity index (χ4n) is 5.25. The molecule has 1 aliphatic rings. The van der Waals surface area contributed by atoms with Crippen molar-refractivity contribution in [2.75, 3.05) is 11.4 Å². The number of hydrogen-bond acceptors (Lipinski definition) is 5. The van der Waals surface area contributed by atoms with E-state index < -0.39 is 0 Å². The van der Waals surface area contributed by atoms with Crippen molar-refractivity contribution < 1.29 is 9.72 Å². The highest BCUT2D eigenvalue weighted by atomic mass is 16.6. The van der Waals surface area contributed by atoms with Crippen LogP contribution in [0.25, 0.3) is 21.7 Å². The number of benzene rings is 3. The molecule has 0 atom stereocenters. The van der Waals surface area contributed by atoms with Gasteiger partial charge < -0.3 is 9.47 Å². The van der Waals surface area contributed by atoms with Gasteiger partial charge in [0.05, 0.1) is 16.1 Å². The number of aromatic nitrogens is 2. The first-order chi connectivity index (χ1) is 17.6. The third kappa shape index (κ3) is 3.88. The molecule has 7 heteroatoms. The minimum atomic E-state index is -0.352. The molecule has 0 bridgehead atoms. The Hall–Kier alpha value is -4.52. The van der Waals surface area contributed by atoms with E-state index in [9.17, 15) is 14.9 Å². The molecule has 0 radical (unpaired) electrons. The van der Waals surface area contributed by atoms with Gasteiger partial charge in [-0.25, -0.2) is 0 Å². The number of para-hydroxylation sites is 1. The van der Waals surface area contributed by atoms with Crippen LogP contribution in [0.15, 0.2) is 79.0 Å². The average molecular weight is 477 g/mol. The summed E-state index contributed by atoms with van der Waals surface area (Å²) in [5.41, 5.74) is 5.78. The summed E-state index contributed by atoms with van der Waals surface area (Å²) in [5, 5.41) is 14.3. The summed E-state index contributed by atoms with van der Waals surface area (Å²) in [5.74, 6) is 0. The lowest BCUT2D eigenvalue weighted by Crippen LogP contribution is -2.30. The van der Waals surface area contributed by atoms with E-state index >= 15 is 0 Å². The number of hydrogen-bond donors (Lipinski definition) is 0. The van der Waals surface area contributed by atoms with Gasteiger partial charge in [-0.2, -0.15) is 0 Å². The van der Waals surface area contributed by atoms with Crippen molar-refractivity contribution in [2.24, 2.45) is 0 Å². The van der Waals surface area contributed by atoms with E-state index in [1.165, 1.54) is 0 Å². The van der Waals surface area contributed by atoms with Crippen molar-refractivity contribution in [1.82, 2.24) is 9.55 Å². The van der Waals surface area contributed by atoms with Gasteiger partial charge in [-0.05, 0) is 35.7 Å². The molecule has 0 spiro atoms. The lowest BCUT2D eigenvalue weighted by atomic mass is 9.98. The molecule has 6 rings (SSSR count). The summed E-state index contributed by atoms with van der Waals surface area (Å²) in [4.78, 5) is 30.2. The fourth-order valence-corrected chi connectivity index (χ4v) is 5.25. The van der Waals surface area contributed by atoms with Gasteiger partial charge in [-0.15, -0.1) is 0 Å². The second-order valence-electron chi connectivity index (χ2n) is 9.19. The predicted octanol–water partition coefficient (Wildman–Crippen LogP) is 5.72. The quantitative estimate of drug-likeness (QED) is 0.178. The van der Waals surface area contributed by atoms with Gasteiger partial charge in [0.2, 0.25) is 0 Å². The zero-order valence-corrected chi connectivity index (χ0v) is 19.6. The Morgan fingerprint density at radius 1 is 0.972 bits per heavy atom. The summed E-state index contributed by atoms with van der Waals surface area (Å²) < 4.78 is 2.01. The second kappa shape index (κ2) is 8.92. The first-order valence-corrected chi connectivity index (χ1v) is 12.0. The fraction of sp³-hybridized carbons (Fsp3) is 0.172. The van der Waals surface area contributed by atoms with Gasteiger partial charge in [0, 0.05) is 71.9 Å². The van der Waals surface area contributed by atoms with Crippen LogP contribution < -0.4 is 4.90 Å². The van der Waals surface area contributed by atoms with Crippen LogP contribution in [0.4, 0.5) is 11.4 Å². The zero-order chi connectivity index (χ0) is 24.6. The van der Waals surface area contributed by atoms with E-state index in [2.05, 4.69) is 11.0 Å². The number of aldehydes is 1. The maximum Gasteiger partial charge on any atom is 0.269 e. The number of nitrogens with zero attached hydrogens (tertiary/aromatic N) is 4. The number of non-ortho nitro benzene ring substituents is 1. The molecule has 3 aromatic carbocycles. The van der Waals surface area contributed by atoms with E-state index in [0.717, 1.165) is 63.4 Å². The SMILES string of the molecule is O=Cc1c2c(N3CCc4ccc([N+](=O)[O-])cc4C3)cccc2cn1CCc1ccc2ccccc2n1. The molecule has 3 heterocycles. The predicted molar refractivity (Wildman–Crippen MR) is 141 cm³/mol. The van der Waals surface area contributed by atoms with Gasteiger partial charge in [-0.1, -0.05) is 42.5 Å². The van der Waals surface area contributed by atoms with Crippen LogP contribution in [-0.4, -0.2) is 27.3 Å². The van der Waals surface area contributed by atoms with Crippen LogP contribution >= 0.6 is 0 Å². The minimum Gasteiger partial charge on any atom is -0.366 e. The Balaban J connectivity index is 1.32. The maximum absolute atomic E-state index is 12.3. The Morgan fingerprint density at radius 3 is 2.69 bits per heavy atom. The number of carbonyl (C=O) groups excluding carboxylic acids is 1. The number of pyridine rings is 1. The van der Waals surface area contributed by atoms with Gasteiger partial charge in [-0.3, -0.25) is 19.9 Å². The number of nitro groups is 1. The second-order valence-corrected chi connectivity index (χ2v) is 9.19. The highest BCUT2D eigenvalue weighted by Gasteiger charge is 2.22. The van der Waals surface area contributed by atoms with E-state index in [-0.39, 0.29) is 10.6 Å². The Bertz CT molecular complexity index is 1640. The molecule has 1 aliphatic heterocycles. The van der Waals surface area contributed by atoms with Crippen LogP contribution in [0.3, 0.4) is 0 Å². The lowest BCUT2D eigenvalue weighted by Gasteiger charge is -2.31. The molecule has 5 aromatic rings. The van der Waals surface area contributed by atoms with E-state index in [1.54, 1.807) is 12.1 Å². The van der Waals surface area contributed by atoms with Crippen LogP contribution in [-0.2, 0) is 25.9 Å². The zero-order valence-electron chi connectivity index (χ0n) is 19.6. The minimum absolute atomic E-state index is 0.107. The maximum atomic E-state index is 12.3. The summed E-state index contributed by atoms with van der Waals surface area (Å²) >= 11 is 0. The molecule has 178 valence electrons. The van der Waals surface area contributed by atoms with Gasteiger partial charge in [0.25, 0.3) is 5.69 Å². The molecular formula is C29H24N4O3. The third-order valence-corrected chi connectivity index (χ3v) is 7.07. The Kier molecular flexibility index (Phi) is 5.45. The summed E-state index contributed by atoms with van der Waals surface area (Å²) in [6.45, 7) is 2.00. The highest BCUT2D eigenvalue weighted by Crippen LogP contribution is 2.34. The highest BCUT2D eigenvalue weighted by molar-refractivity contribution is 6.05. The molecule has 0 N–H and O–H groups in total. The van der Waals surface area contributed by atoms with E-state index in [4.69, 9.17) is 4.98 Å². The van der Waals surface area contributed by atoms with Crippen molar-refractivity contribution in [3.63, 3.8) is 0 Å². The van der Waals surface area contributed by atoms with Crippen molar-refractivity contribution in [1.29, 1.82) is 0 Å². The van der Waals surface area contributed by atoms with Crippen LogP contribution in [0.5, 0.6) is 0 Å². The average Bonchev–Trinajstić information content (AvgIpc) is 3.28. The van der Waals surface area contributed by atoms with Crippen LogP contribution in [0.2, 0.25) is 0 Å². The molecular weight excluding hydrogens is 452 g/mol. The van der Waals surface area contributed by atoms with E-state index in [0.29, 0.717) is 25.2 Å². The molecule has 7 nitrogen and oxygen atoms in total. The van der Waals surface area contributed by atoms with E-state index in [1.807, 2.05) is 65.4 Å². The van der Waals surface area contributed by atoms with Gasteiger partial charge >= 0.3 is 0 Å². The largest absolute Gasteiger partial charge is 0.366 e. The van der Waals surface area contributed by atoms with Gasteiger partial charge in [0.15, 0.2) is 6.29 Å². The third-order valence-electron chi connectivity index (χ3n) is 7.07. The monoisotopic (exact) mass is 476 g/mol. The number of fused-ring (bicyclic) bond motifs is 3. The number of rotatable bonds is 6. The molecule has 0 fully saturated rings. The van der Waals surface area contributed by atoms with Crippen molar-refractivity contribution >= 4 is 39.3 Å². The number of anilines is 1. The molecule has 0 unspecified atom stereocenters. The van der Waals surface area contributed by atoms with Gasteiger partial charge in [0.1, 0.15) is 0 Å². The molecule has 0 amide bonds. The molecule has 0 aliphatic carbocycles. The summed E-state index contributed by atoms with van der Waals surface area (Å²) in [7, 11) is 0. The molecule has 0 saturated heterocycles. The van der Waals surface area contributed by atoms with Crippen molar-refractivity contribution in [3.8, 4) is 0 Å². The van der Waals surface area contributed by atoms with Crippen LogP contribution in [0, 0.1) is 10.1 Å². The number of nitro benzene ring substituents is 1. The molecule has 2 aromatic heterocycles. The first kappa shape index (κ1) is 22.0. The number of aryl methyl sites for hydroxylation is 2. The smallest absolute Gasteiger partial charge is 0.269 e. The Morgan fingerprint density at radius 2 is 1.83 bits per heavy atom. The van der Waals surface area contributed by atoms with Crippen molar-refractivity contribution in [3.05, 3.63) is 112 Å². The number of carbonyl (C=O) groups is 1. The summed E-state index contributed by atoms with van der Waals surface area (Å²) in [6, 6.07) is 23.4. The van der Waals surface area contributed by atoms with Crippen molar-refractivity contribution in [2.45, 2.75) is 25.9 Å². The lowest BCUT2D eigenvalue weighted by molar-refractivity contribution is -0.384. The summed E-state index contributed by atoms with van der Waals surface area (Å²) in [6.07, 6.45) is 4.48. The topological polar surface area (TPSA) is 81.3 Å². The Labute approximate surface area is 207 Å².